The van der Waals surface area contributed by atoms with E-state index < -0.39 is 5.97 Å². The first-order valence-corrected chi connectivity index (χ1v) is 6.09. The minimum absolute atomic E-state index is 0.311. The van der Waals surface area contributed by atoms with Crippen LogP contribution in [-0.2, 0) is 18.2 Å². The fourth-order valence-corrected chi connectivity index (χ4v) is 1.89. The van der Waals surface area contributed by atoms with E-state index in [1.54, 1.807) is 14.0 Å². The molecule has 0 aliphatic heterocycles. The summed E-state index contributed by atoms with van der Waals surface area (Å²) in [6, 6.07) is 9.86. The number of benzene rings is 1. The smallest absolute Gasteiger partial charge is 0.358 e. The van der Waals surface area contributed by atoms with Gasteiger partial charge >= 0.3 is 5.97 Å². The van der Waals surface area contributed by atoms with Crippen molar-refractivity contribution >= 4 is 11.7 Å². The Morgan fingerprint density at radius 2 is 2.05 bits per heavy atom. The summed E-state index contributed by atoms with van der Waals surface area (Å²) < 4.78 is 6.68. The summed E-state index contributed by atoms with van der Waals surface area (Å²) in [5, 5.41) is 4.09. The van der Waals surface area contributed by atoms with Crippen LogP contribution in [0.2, 0.25) is 0 Å². The maximum absolute atomic E-state index is 11.9. The van der Waals surface area contributed by atoms with Crippen molar-refractivity contribution < 1.29 is 9.53 Å². The molecule has 0 aliphatic carbocycles. The van der Waals surface area contributed by atoms with E-state index in [9.17, 15) is 4.79 Å². The summed E-state index contributed by atoms with van der Waals surface area (Å²) in [5.74, 6) is -0.434. The molecule has 2 rings (SSSR count). The Labute approximate surface area is 112 Å². The Hall–Kier alpha value is -2.30. The zero-order chi connectivity index (χ0) is 13.8. The van der Waals surface area contributed by atoms with Crippen molar-refractivity contribution in [1.29, 1.82) is 0 Å². The molecule has 5 heteroatoms. The highest BCUT2D eigenvalue weighted by atomic mass is 16.5. The Kier molecular flexibility index (Phi) is 3.85. The number of anilines is 1. The van der Waals surface area contributed by atoms with Crippen molar-refractivity contribution in [2.24, 2.45) is 7.05 Å². The van der Waals surface area contributed by atoms with Crippen LogP contribution in [-0.4, -0.2) is 22.4 Å². The van der Waals surface area contributed by atoms with Gasteiger partial charge in [0.25, 0.3) is 0 Å². The topological polar surface area (TPSA) is 70.1 Å². The zero-order valence-corrected chi connectivity index (χ0v) is 11.1. The third-order valence-electron chi connectivity index (χ3n) is 2.93. The van der Waals surface area contributed by atoms with E-state index in [2.05, 4.69) is 5.10 Å². The fraction of sp³-hybridized carbons (Fsp3) is 0.286. The number of esters is 1. The molecule has 19 heavy (non-hydrogen) atoms. The number of aryl methyl sites for hydroxylation is 2. The predicted octanol–water partition coefficient (Wildman–Crippen LogP) is 1.71. The van der Waals surface area contributed by atoms with Gasteiger partial charge in [-0.25, -0.2) is 4.79 Å². The van der Waals surface area contributed by atoms with E-state index in [1.807, 2.05) is 30.3 Å². The van der Waals surface area contributed by atoms with Gasteiger partial charge in [-0.3, -0.25) is 4.68 Å². The molecule has 100 valence electrons. The molecule has 0 unspecified atom stereocenters. The highest BCUT2D eigenvalue weighted by Gasteiger charge is 2.19. The van der Waals surface area contributed by atoms with Gasteiger partial charge in [0.15, 0.2) is 5.69 Å². The van der Waals surface area contributed by atoms with Gasteiger partial charge in [-0.05, 0) is 12.5 Å². The number of hydrogen-bond donors (Lipinski definition) is 1. The maximum atomic E-state index is 11.9. The number of carbonyl (C=O) groups is 1. The average Bonchev–Trinajstić information content (AvgIpc) is 2.64. The third kappa shape index (κ3) is 2.93. The summed E-state index contributed by atoms with van der Waals surface area (Å²) in [6.07, 6.45) is 0.684. The minimum atomic E-state index is -0.434. The normalized spacial score (nSPS) is 10.4. The van der Waals surface area contributed by atoms with Crippen LogP contribution in [0.25, 0.3) is 0 Å². The quantitative estimate of drug-likeness (QED) is 0.849. The molecule has 0 aliphatic rings. The lowest BCUT2D eigenvalue weighted by Gasteiger charge is -2.06. The van der Waals surface area contributed by atoms with Crippen LogP contribution in [0.5, 0.6) is 0 Å². The van der Waals surface area contributed by atoms with E-state index >= 15 is 0 Å². The first-order chi connectivity index (χ1) is 9.09. The van der Waals surface area contributed by atoms with Crippen molar-refractivity contribution in [3.05, 3.63) is 47.3 Å². The van der Waals surface area contributed by atoms with Crippen molar-refractivity contribution in [3.8, 4) is 0 Å². The second-order valence-corrected chi connectivity index (χ2v) is 4.34. The second-order valence-electron chi connectivity index (χ2n) is 4.34. The number of nitrogens with two attached hydrogens (primary N) is 1. The molecular weight excluding hydrogens is 242 g/mol. The van der Waals surface area contributed by atoms with Gasteiger partial charge in [0.2, 0.25) is 0 Å². The minimum Gasteiger partial charge on any atom is -0.461 e. The fourth-order valence-electron chi connectivity index (χ4n) is 1.89. The van der Waals surface area contributed by atoms with Crippen molar-refractivity contribution in [2.75, 3.05) is 12.3 Å². The van der Waals surface area contributed by atoms with E-state index in [1.165, 1.54) is 4.68 Å². The lowest BCUT2D eigenvalue weighted by molar-refractivity contribution is 0.0498. The third-order valence-corrected chi connectivity index (χ3v) is 2.93. The number of carbonyl (C=O) groups excluding carboxylic acids is 1. The van der Waals surface area contributed by atoms with E-state index in [0.717, 1.165) is 5.56 Å². The Morgan fingerprint density at radius 1 is 1.37 bits per heavy atom. The second kappa shape index (κ2) is 5.56. The van der Waals surface area contributed by atoms with E-state index in [4.69, 9.17) is 10.5 Å². The van der Waals surface area contributed by atoms with Crippen molar-refractivity contribution in [3.63, 3.8) is 0 Å². The SMILES string of the molecule is Cc1nn(C)c(C(=O)OCCc2ccccc2)c1N. The van der Waals surface area contributed by atoms with Gasteiger partial charge < -0.3 is 10.5 Å². The molecule has 2 N–H and O–H groups in total. The van der Waals surface area contributed by atoms with Gasteiger partial charge in [0.05, 0.1) is 18.0 Å². The Morgan fingerprint density at radius 3 is 2.63 bits per heavy atom. The number of aromatic nitrogens is 2. The molecule has 5 nitrogen and oxygen atoms in total. The monoisotopic (exact) mass is 259 g/mol. The van der Waals surface area contributed by atoms with Gasteiger partial charge in [0, 0.05) is 13.5 Å². The first-order valence-electron chi connectivity index (χ1n) is 6.09. The van der Waals surface area contributed by atoms with Crippen molar-refractivity contribution in [1.82, 2.24) is 9.78 Å². The average molecular weight is 259 g/mol. The maximum Gasteiger partial charge on any atom is 0.358 e. The summed E-state index contributed by atoms with van der Waals surface area (Å²) in [5.41, 5.74) is 8.26. The largest absolute Gasteiger partial charge is 0.461 e. The molecule has 1 aromatic heterocycles. The summed E-state index contributed by atoms with van der Waals surface area (Å²) in [6.45, 7) is 2.09. The molecule has 0 amide bonds. The predicted molar refractivity (Wildman–Crippen MR) is 72.8 cm³/mol. The molecule has 0 fully saturated rings. The lowest BCUT2D eigenvalue weighted by Crippen LogP contribution is -2.14. The van der Waals surface area contributed by atoms with Crippen LogP contribution < -0.4 is 5.73 Å². The molecule has 0 saturated carbocycles. The molecule has 1 aromatic carbocycles. The van der Waals surface area contributed by atoms with Gasteiger partial charge in [-0.1, -0.05) is 30.3 Å². The van der Waals surface area contributed by atoms with Crippen LogP contribution in [0.1, 0.15) is 21.7 Å². The molecular formula is C14H17N3O2. The van der Waals surface area contributed by atoms with E-state index in [-0.39, 0.29) is 0 Å². The lowest BCUT2D eigenvalue weighted by atomic mass is 10.2. The highest BCUT2D eigenvalue weighted by molar-refractivity contribution is 5.93. The number of nitrogen functional groups attached to an aromatic ring is 1. The summed E-state index contributed by atoms with van der Waals surface area (Å²) >= 11 is 0. The Balaban J connectivity index is 1.95. The molecule has 0 bridgehead atoms. The molecule has 0 saturated heterocycles. The van der Waals surface area contributed by atoms with Crippen LogP contribution in [0, 0.1) is 6.92 Å². The van der Waals surface area contributed by atoms with Crippen LogP contribution in [0.15, 0.2) is 30.3 Å². The molecule has 2 aromatic rings. The number of ether oxygens (including phenoxy) is 1. The number of nitrogens with zero attached hydrogens (tertiary/aromatic N) is 2. The first kappa shape index (κ1) is 13.1. The molecule has 0 spiro atoms. The highest BCUT2D eigenvalue weighted by Crippen LogP contribution is 2.16. The molecule has 0 atom stereocenters. The van der Waals surface area contributed by atoms with Crippen LogP contribution in [0.3, 0.4) is 0 Å². The zero-order valence-electron chi connectivity index (χ0n) is 11.1. The number of hydrogen-bond acceptors (Lipinski definition) is 4. The van der Waals surface area contributed by atoms with Gasteiger partial charge in [-0.2, -0.15) is 5.10 Å². The van der Waals surface area contributed by atoms with Crippen molar-refractivity contribution in [2.45, 2.75) is 13.3 Å². The molecule has 1 heterocycles. The van der Waals surface area contributed by atoms with E-state index in [0.29, 0.717) is 30.1 Å². The Bertz CT molecular complexity index is 576. The summed E-state index contributed by atoms with van der Waals surface area (Å²) in [7, 11) is 1.68. The molecule has 0 radical (unpaired) electrons. The summed E-state index contributed by atoms with van der Waals surface area (Å²) in [4.78, 5) is 11.9. The number of rotatable bonds is 4. The standard InChI is InChI=1S/C14H17N3O2/c1-10-12(15)13(17(2)16-10)14(18)19-9-8-11-6-4-3-5-7-11/h3-7H,8-9,15H2,1-2H3. The van der Waals surface area contributed by atoms with Crippen LogP contribution in [0.4, 0.5) is 5.69 Å². The van der Waals surface area contributed by atoms with Gasteiger partial charge in [0.1, 0.15) is 0 Å². The van der Waals surface area contributed by atoms with Crippen LogP contribution >= 0.6 is 0 Å². The van der Waals surface area contributed by atoms with Gasteiger partial charge in [-0.15, -0.1) is 0 Å².